The molecule has 0 aliphatic carbocycles. The lowest BCUT2D eigenvalue weighted by atomic mass is 10.2. The Labute approximate surface area is 163 Å². The van der Waals surface area contributed by atoms with Gasteiger partial charge in [0.05, 0.1) is 32.4 Å². The van der Waals surface area contributed by atoms with E-state index in [2.05, 4.69) is 27.0 Å². The van der Waals surface area contributed by atoms with Crippen LogP contribution >= 0.6 is 0 Å². The first kappa shape index (κ1) is 21.9. The van der Waals surface area contributed by atoms with Crippen molar-refractivity contribution in [3.8, 4) is 0 Å². The fraction of sp³-hybridized carbons (Fsp3) is 0.895. The third kappa shape index (κ3) is 6.93. The van der Waals surface area contributed by atoms with Crippen molar-refractivity contribution in [3.05, 3.63) is 0 Å². The molecule has 0 saturated carbocycles. The number of hydrogen-bond acceptors (Lipinski definition) is 5. The first-order valence-corrected chi connectivity index (χ1v) is 10.3. The molecule has 2 fully saturated rings. The second-order valence-corrected chi connectivity index (χ2v) is 7.07. The van der Waals surface area contributed by atoms with Crippen molar-refractivity contribution < 1.29 is 14.3 Å². The second-order valence-electron chi connectivity index (χ2n) is 7.07. The standard InChI is InChI=1S/C19H37N5O3/c1-4-20-19(21-7-14-27-16-15-26-3)24-12-10-22(11-13-24)17(2)18(25)23-8-5-6-9-23/h17H,4-16H2,1-3H3,(H,20,21). The van der Waals surface area contributed by atoms with Crippen LogP contribution in [0.4, 0.5) is 0 Å². The van der Waals surface area contributed by atoms with Crippen LogP contribution in [-0.4, -0.2) is 112 Å². The fourth-order valence-electron chi connectivity index (χ4n) is 3.57. The normalized spacial score (nSPS) is 20.2. The van der Waals surface area contributed by atoms with Crippen LogP contribution in [0.2, 0.25) is 0 Å². The highest BCUT2D eigenvalue weighted by Gasteiger charge is 2.30. The molecule has 8 heteroatoms. The summed E-state index contributed by atoms with van der Waals surface area (Å²) in [4.78, 5) is 23.9. The number of methoxy groups -OCH3 is 1. The highest BCUT2D eigenvalue weighted by Crippen LogP contribution is 2.14. The molecule has 0 bridgehead atoms. The molecule has 0 spiro atoms. The van der Waals surface area contributed by atoms with Gasteiger partial charge in [0, 0.05) is 52.9 Å². The molecule has 0 aromatic heterocycles. The van der Waals surface area contributed by atoms with Gasteiger partial charge < -0.3 is 24.6 Å². The smallest absolute Gasteiger partial charge is 0.239 e. The van der Waals surface area contributed by atoms with Gasteiger partial charge in [-0.2, -0.15) is 0 Å². The Hall–Kier alpha value is -1.38. The van der Waals surface area contributed by atoms with Crippen LogP contribution in [0.1, 0.15) is 26.7 Å². The monoisotopic (exact) mass is 383 g/mol. The van der Waals surface area contributed by atoms with Gasteiger partial charge in [0.25, 0.3) is 0 Å². The zero-order valence-corrected chi connectivity index (χ0v) is 17.3. The van der Waals surface area contributed by atoms with Gasteiger partial charge in [-0.05, 0) is 26.7 Å². The Morgan fingerprint density at radius 3 is 2.37 bits per heavy atom. The van der Waals surface area contributed by atoms with Crippen molar-refractivity contribution in [1.82, 2.24) is 20.0 Å². The molecule has 1 atom stereocenters. The molecule has 2 saturated heterocycles. The third-order valence-electron chi connectivity index (χ3n) is 5.20. The molecule has 1 amide bonds. The van der Waals surface area contributed by atoms with Gasteiger partial charge in [-0.1, -0.05) is 0 Å². The topological polar surface area (TPSA) is 69.6 Å². The maximum atomic E-state index is 12.6. The van der Waals surface area contributed by atoms with Crippen molar-refractivity contribution in [2.24, 2.45) is 4.99 Å². The van der Waals surface area contributed by atoms with Crippen LogP contribution in [0.5, 0.6) is 0 Å². The first-order valence-electron chi connectivity index (χ1n) is 10.3. The minimum Gasteiger partial charge on any atom is -0.382 e. The van der Waals surface area contributed by atoms with E-state index in [1.54, 1.807) is 7.11 Å². The minimum absolute atomic E-state index is 0.0287. The van der Waals surface area contributed by atoms with E-state index >= 15 is 0 Å². The van der Waals surface area contributed by atoms with E-state index < -0.39 is 0 Å². The molecule has 2 heterocycles. The summed E-state index contributed by atoms with van der Waals surface area (Å²) in [7, 11) is 1.67. The van der Waals surface area contributed by atoms with E-state index in [1.165, 1.54) is 0 Å². The van der Waals surface area contributed by atoms with Gasteiger partial charge in [0.15, 0.2) is 5.96 Å². The number of rotatable bonds is 9. The van der Waals surface area contributed by atoms with Crippen molar-refractivity contribution in [2.75, 3.05) is 79.3 Å². The number of hydrogen-bond donors (Lipinski definition) is 1. The maximum absolute atomic E-state index is 12.6. The number of aliphatic imine (C=N–C) groups is 1. The van der Waals surface area contributed by atoms with Crippen molar-refractivity contribution >= 4 is 11.9 Å². The Morgan fingerprint density at radius 1 is 1.04 bits per heavy atom. The molecule has 0 aromatic carbocycles. The van der Waals surface area contributed by atoms with Crippen molar-refractivity contribution in [3.63, 3.8) is 0 Å². The molecule has 8 nitrogen and oxygen atoms in total. The summed E-state index contributed by atoms with van der Waals surface area (Å²) in [6.07, 6.45) is 2.29. The summed E-state index contributed by atoms with van der Waals surface area (Å²) in [6, 6.07) is -0.0287. The van der Waals surface area contributed by atoms with Gasteiger partial charge in [-0.15, -0.1) is 0 Å². The zero-order valence-electron chi connectivity index (χ0n) is 17.3. The number of nitrogens with zero attached hydrogens (tertiary/aromatic N) is 4. The van der Waals surface area contributed by atoms with Gasteiger partial charge in [0.1, 0.15) is 0 Å². The lowest BCUT2D eigenvalue weighted by Gasteiger charge is -2.39. The molecule has 2 aliphatic rings. The molecular weight excluding hydrogens is 346 g/mol. The molecule has 2 aliphatic heterocycles. The molecule has 1 N–H and O–H groups in total. The number of amides is 1. The summed E-state index contributed by atoms with van der Waals surface area (Å²) >= 11 is 0. The Kier molecular flexibility index (Phi) is 9.86. The van der Waals surface area contributed by atoms with Gasteiger partial charge in [-0.25, -0.2) is 0 Å². The Balaban J connectivity index is 1.77. The van der Waals surface area contributed by atoms with Crippen LogP contribution in [0.15, 0.2) is 4.99 Å². The van der Waals surface area contributed by atoms with E-state index in [0.717, 1.165) is 64.6 Å². The SMILES string of the molecule is CCNC(=NCCOCCOC)N1CCN(C(C)C(=O)N2CCCC2)CC1. The molecule has 156 valence electrons. The van der Waals surface area contributed by atoms with E-state index in [9.17, 15) is 4.79 Å². The van der Waals surface area contributed by atoms with Crippen LogP contribution in [0, 0.1) is 0 Å². The van der Waals surface area contributed by atoms with Crippen LogP contribution in [0.3, 0.4) is 0 Å². The molecule has 1 unspecified atom stereocenters. The number of carbonyl (C=O) groups is 1. The van der Waals surface area contributed by atoms with E-state index in [1.807, 2.05) is 11.8 Å². The van der Waals surface area contributed by atoms with Gasteiger partial charge in [-0.3, -0.25) is 14.7 Å². The summed E-state index contributed by atoms with van der Waals surface area (Å²) < 4.78 is 10.5. The lowest BCUT2D eigenvalue weighted by Crippen LogP contribution is -2.57. The highest BCUT2D eigenvalue weighted by atomic mass is 16.5. The number of carbonyl (C=O) groups excluding carboxylic acids is 1. The fourth-order valence-corrected chi connectivity index (χ4v) is 3.57. The lowest BCUT2D eigenvalue weighted by molar-refractivity contribution is -0.135. The van der Waals surface area contributed by atoms with E-state index in [-0.39, 0.29) is 11.9 Å². The summed E-state index contributed by atoms with van der Waals surface area (Å²) in [6.45, 7) is 12.8. The van der Waals surface area contributed by atoms with Crippen molar-refractivity contribution in [1.29, 1.82) is 0 Å². The second kappa shape index (κ2) is 12.2. The number of nitrogens with one attached hydrogen (secondary N) is 1. The zero-order chi connectivity index (χ0) is 19.5. The molecule has 27 heavy (non-hydrogen) atoms. The average Bonchev–Trinajstić information content (AvgIpc) is 3.23. The predicted molar refractivity (Wildman–Crippen MR) is 107 cm³/mol. The third-order valence-corrected chi connectivity index (χ3v) is 5.20. The predicted octanol–water partition coefficient (Wildman–Crippen LogP) is 0.243. The Morgan fingerprint density at radius 2 is 1.74 bits per heavy atom. The average molecular weight is 384 g/mol. The van der Waals surface area contributed by atoms with Crippen LogP contribution < -0.4 is 5.32 Å². The number of piperazine rings is 1. The summed E-state index contributed by atoms with van der Waals surface area (Å²) in [5.41, 5.74) is 0. The van der Waals surface area contributed by atoms with Crippen LogP contribution in [-0.2, 0) is 14.3 Å². The number of guanidine groups is 1. The van der Waals surface area contributed by atoms with Crippen molar-refractivity contribution in [2.45, 2.75) is 32.7 Å². The van der Waals surface area contributed by atoms with Gasteiger partial charge in [0.2, 0.25) is 5.91 Å². The number of likely N-dealkylation sites (tertiary alicyclic amines) is 1. The van der Waals surface area contributed by atoms with E-state index in [4.69, 9.17) is 9.47 Å². The summed E-state index contributed by atoms with van der Waals surface area (Å²) in [5, 5.41) is 3.37. The first-order chi connectivity index (χ1) is 13.2. The minimum atomic E-state index is -0.0287. The molecular formula is C19H37N5O3. The van der Waals surface area contributed by atoms with Crippen LogP contribution in [0.25, 0.3) is 0 Å². The quantitative estimate of drug-likeness (QED) is 0.350. The largest absolute Gasteiger partial charge is 0.382 e. The maximum Gasteiger partial charge on any atom is 0.239 e. The molecule has 0 aromatic rings. The van der Waals surface area contributed by atoms with E-state index in [0.29, 0.717) is 26.4 Å². The summed E-state index contributed by atoms with van der Waals surface area (Å²) in [5.74, 6) is 1.22. The molecule has 0 radical (unpaired) electrons. The molecule has 2 rings (SSSR count). The van der Waals surface area contributed by atoms with Gasteiger partial charge >= 0.3 is 0 Å². The Bertz CT molecular complexity index is 460. The number of ether oxygens (including phenoxy) is 2. The highest BCUT2D eigenvalue weighted by molar-refractivity contribution is 5.82.